The van der Waals surface area contributed by atoms with Crippen LogP contribution < -0.4 is 4.74 Å². The van der Waals surface area contributed by atoms with Crippen LogP contribution in [-0.2, 0) is 0 Å². The van der Waals surface area contributed by atoms with E-state index in [9.17, 15) is 0 Å². The number of rotatable bonds is 5. The highest BCUT2D eigenvalue weighted by Crippen LogP contribution is 2.34. The first kappa shape index (κ1) is 14.4. The van der Waals surface area contributed by atoms with Gasteiger partial charge in [-0.25, -0.2) is 0 Å². The van der Waals surface area contributed by atoms with E-state index in [1.807, 2.05) is 6.07 Å². The maximum Gasteiger partial charge on any atom is 0.119 e. The van der Waals surface area contributed by atoms with E-state index < -0.39 is 0 Å². The molecular weight excluding hydrogens is 264 g/mol. The molecule has 1 aromatic heterocycles. The number of nitrogens with zero attached hydrogens (tertiary/aromatic N) is 1. The summed E-state index contributed by atoms with van der Waals surface area (Å²) in [5, 5.41) is 10.2. The molecule has 1 aliphatic heterocycles. The van der Waals surface area contributed by atoms with Gasteiger partial charge in [0.05, 0.1) is 7.11 Å². The number of benzene rings is 1. The minimum absolute atomic E-state index is 0.294. The summed E-state index contributed by atoms with van der Waals surface area (Å²) in [6.07, 6.45) is 5.43. The van der Waals surface area contributed by atoms with Crippen LogP contribution in [0.2, 0.25) is 0 Å². The fraction of sp³-hybridized carbons (Fsp3) is 0.529. The second kappa shape index (κ2) is 6.50. The van der Waals surface area contributed by atoms with E-state index in [2.05, 4.69) is 28.2 Å². The van der Waals surface area contributed by atoms with Crippen LogP contribution in [0.5, 0.6) is 5.75 Å². The standard InChI is InChI=1S/C17H24N2O2/c1-21-14-3-4-17-15(11-14)16(12-18-17)13-5-8-19(9-6-13)7-2-10-20/h3-4,11-13,18,20H,2,5-10H2,1H3. The monoisotopic (exact) mass is 288 g/mol. The zero-order chi connectivity index (χ0) is 14.7. The fourth-order valence-corrected chi connectivity index (χ4v) is 3.35. The maximum absolute atomic E-state index is 8.92. The van der Waals surface area contributed by atoms with E-state index in [1.165, 1.54) is 29.3 Å². The molecule has 114 valence electrons. The molecule has 0 atom stereocenters. The van der Waals surface area contributed by atoms with Crippen molar-refractivity contribution in [2.75, 3.05) is 33.4 Å². The SMILES string of the molecule is COc1ccc2[nH]cc(C3CCN(CCCO)CC3)c2c1. The summed E-state index contributed by atoms with van der Waals surface area (Å²) in [6.45, 7) is 3.57. The Morgan fingerprint density at radius 3 is 2.86 bits per heavy atom. The van der Waals surface area contributed by atoms with Crippen molar-refractivity contribution in [3.05, 3.63) is 30.0 Å². The van der Waals surface area contributed by atoms with Crippen molar-refractivity contribution in [1.82, 2.24) is 9.88 Å². The molecule has 0 amide bonds. The van der Waals surface area contributed by atoms with Gasteiger partial charge in [0, 0.05) is 30.3 Å². The van der Waals surface area contributed by atoms with Crippen molar-refractivity contribution < 1.29 is 9.84 Å². The number of aromatic amines is 1. The number of ether oxygens (including phenoxy) is 1. The highest BCUT2D eigenvalue weighted by atomic mass is 16.5. The molecule has 4 nitrogen and oxygen atoms in total. The van der Waals surface area contributed by atoms with Gasteiger partial charge in [-0.05, 0) is 62.0 Å². The lowest BCUT2D eigenvalue weighted by atomic mass is 9.89. The Hall–Kier alpha value is -1.52. The maximum atomic E-state index is 8.92. The molecule has 0 radical (unpaired) electrons. The number of hydrogen-bond donors (Lipinski definition) is 2. The first-order valence-electron chi connectivity index (χ1n) is 7.80. The second-order valence-corrected chi connectivity index (χ2v) is 5.85. The highest BCUT2D eigenvalue weighted by Gasteiger charge is 2.22. The average Bonchev–Trinajstić information content (AvgIpc) is 2.96. The molecule has 0 spiro atoms. The van der Waals surface area contributed by atoms with Gasteiger partial charge in [-0.15, -0.1) is 0 Å². The van der Waals surface area contributed by atoms with E-state index in [4.69, 9.17) is 9.84 Å². The molecular formula is C17H24N2O2. The van der Waals surface area contributed by atoms with Gasteiger partial charge in [0.2, 0.25) is 0 Å². The minimum atomic E-state index is 0.294. The molecule has 1 aliphatic rings. The number of aliphatic hydroxyl groups is 1. The third-order valence-corrected chi connectivity index (χ3v) is 4.58. The smallest absolute Gasteiger partial charge is 0.119 e. The van der Waals surface area contributed by atoms with Crippen molar-refractivity contribution in [3.8, 4) is 5.75 Å². The molecule has 3 rings (SSSR count). The quantitative estimate of drug-likeness (QED) is 0.889. The van der Waals surface area contributed by atoms with Gasteiger partial charge in [-0.3, -0.25) is 0 Å². The molecule has 1 fully saturated rings. The number of hydrogen-bond acceptors (Lipinski definition) is 3. The van der Waals surface area contributed by atoms with Gasteiger partial charge in [0.15, 0.2) is 0 Å². The van der Waals surface area contributed by atoms with Crippen molar-refractivity contribution in [1.29, 1.82) is 0 Å². The predicted molar refractivity (Wildman–Crippen MR) is 85.0 cm³/mol. The first-order valence-corrected chi connectivity index (χ1v) is 7.80. The summed E-state index contributed by atoms with van der Waals surface area (Å²) in [4.78, 5) is 5.84. The van der Waals surface area contributed by atoms with Crippen molar-refractivity contribution in [3.63, 3.8) is 0 Å². The largest absolute Gasteiger partial charge is 0.497 e. The highest BCUT2D eigenvalue weighted by molar-refractivity contribution is 5.85. The summed E-state index contributed by atoms with van der Waals surface area (Å²) in [6, 6.07) is 6.23. The molecule has 4 heteroatoms. The minimum Gasteiger partial charge on any atom is -0.497 e. The van der Waals surface area contributed by atoms with Crippen LogP contribution in [0.1, 0.15) is 30.7 Å². The van der Waals surface area contributed by atoms with Crippen molar-refractivity contribution in [2.24, 2.45) is 0 Å². The Balaban J connectivity index is 1.73. The number of aliphatic hydroxyl groups excluding tert-OH is 1. The van der Waals surface area contributed by atoms with Gasteiger partial charge >= 0.3 is 0 Å². The van der Waals surface area contributed by atoms with E-state index in [0.29, 0.717) is 12.5 Å². The lowest BCUT2D eigenvalue weighted by Gasteiger charge is -2.31. The average molecular weight is 288 g/mol. The van der Waals surface area contributed by atoms with E-state index >= 15 is 0 Å². The van der Waals surface area contributed by atoms with Crippen LogP contribution in [0.4, 0.5) is 0 Å². The summed E-state index contributed by atoms with van der Waals surface area (Å²) in [5.41, 5.74) is 2.61. The van der Waals surface area contributed by atoms with Gasteiger partial charge in [-0.1, -0.05) is 0 Å². The summed E-state index contributed by atoms with van der Waals surface area (Å²) >= 11 is 0. The van der Waals surface area contributed by atoms with Crippen molar-refractivity contribution >= 4 is 10.9 Å². The molecule has 0 unspecified atom stereocenters. The molecule has 21 heavy (non-hydrogen) atoms. The van der Waals surface area contributed by atoms with E-state index in [0.717, 1.165) is 31.8 Å². The summed E-state index contributed by atoms with van der Waals surface area (Å²) in [5.74, 6) is 1.54. The predicted octanol–water partition coefficient (Wildman–Crippen LogP) is 2.74. The third-order valence-electron chi connectivity index (χ3n) is 4.58. The van der Waals surface area contributed by atoms with Gasteiger partial charge in [0.1, 0.15) is 5.75 Å². The first-order chi connectivity index (χ1) is 10.3. The number of piperidine rings is 1. The number of aromatic nitrogens is 1. The van der Waals surface area contributed by atoms with Gasteiger partial charge in [0.25, 0.3) is 0 Å². The molecule has 0 bridgehead atoms. The van der Waals surface area contributed by atoms with Crippen LogP contribution in [-0.4, -0.2) is 48.3 Å². The van der Waals surface area contributed by atoms with E-state index in [1.54, 1.807) is 7.11 Å². The topological polar surface area (TPSA) is 48.5 Å². The number of methoxy groups -OCH3 is 1. The Labute approximate surface area is 125 Å². The van der Waals surface area contributed by atoms with Crippen LogP contribution in [0, 0.1) is 0 Å². The van der Waals surface area contributed by atoms with Crippen LogP contribution in [0.3, 0.4) is 0 Å². The zero-order valence-electron chi connectivity index (χ0n) is 12.6. The number of H-pyrrole nitrogens is 1. The lowest BCUT2D eigenvalue weighted by Crippen LogP contribution is -2.33. The molecule has 1 aromatic carbocycles. The van der Waals surface area contributed by atoms with E-state index in [-0.39, 0.29) is 0 Å². The van der Waals surface area contributed by atoms with Crippen molar-refractivity contribution in [2.45, 2.75) is 25.2 Å². The Morgan fingerprint density at radius 1 is 1.33 bits per heavy atom. The Morgan fingerprint density at radius 2 is 2.14 bits per heavy atom. The third kappa shape index (κ3) is 3.06. The molecule has 0 saturated carbocycles. The number of nitrogens with one attached hydrogen (secondary N) is 1. The molecule has 0 aliphatic carbocycles. The van der Waals surface area contributed by atoms with Crippen LogP contribution in [0.25, 0.3) is 10.9 Å². The zero-order valence-corrected chi connectivity index (χ0v) is 12.6. The lowest BCUT2D eigenvalue weighted by molar-refractivity contribution is 0.188. The molecule has 1 saturated heterocycles. The number of likely N-dealkylation sites (tertiary alicyclic amines) is 1. The Bertz CT molecular complexity index is 585. The molecule has 2 heterocycles. The van der Waals surface area contributed by atoms with Gasteiger partial charge < -0.3 is 19.7 Å². The normalized spacial score (nSPS) is 17.4. The summed E-state index contributed by atoms with van der Waals surface area (Å²) in [7, 11) is 1.72. The fourth-order valence-electron chi connectivity index (χ4n) is 3.35. The van der Waals surface area contributed by atoms with Crippen LogP contribution in [0.15, 0.2) is 24.4 Å². The second-order valence-electron chi connectivity index (χ2n) is 5.85. The molecule has 2 aromatic rings. The Kier molecular flexibility index (Phi) is 4.46. The number of fused-ring (bicyclic) bond motifs is 1. The van der Waals surface area contributed by atoms with Crippen LogP contribution >= 0.6 is 0 Å². The molecule has 2 N–H and O–H groups in total. The summed E-state index contributed by atoms with van der Waals surface area (Å²) < 4.78 is 5.35. The van der Waals surface area contributed by atoms with Gasteiger partial charge in [-0.2, -0.15) is 0 Å².